The van der Waals surface area contributed by atoms with Gasteiger partial charge in [-0.25, -0.2) is 4.79 Å². The third-order valence-electron chi connectivity index (χ3n) is 8.15. The molecule has 7 nitrogen and oxygen atoms in total. The van der Waals surface area contributed by atoms with Crippen molar-refractivity contribution in [3.8, 4) is 5.75 Å². The maximum atomic E-state index is 12.8. The van der Waals surface area contributed by atoms with Crippen LogP contribution in [0.2, 0.25) is 0 Å². The Labute approximate surface area is 220 Å². The second-order valence-corrected chi connectivity index (χ2v) is 10.8. The van der Waals surface area contributed by atoms with E-state index < -0.39 is 17.1 Å². The average Bonchev–Trinajstić information content (AvgIpc) is 2.88. The van der Waals surface area contributed by atoms with Gasteiger partial charge in [0.1, 0.15) is 18.9 Å². The highest BCUT2D eigenvalue weighted by Crippen LogP contribution is 2.55. The van der Waals surface area contributed by atoms with Crippen LogP contribution < -0.4 is 10.1 Å². The van der Waals surface area contributed by atoms with Crippen LogP contribution in [0.3, 0.4) is 0 Å². The van der Waals surface area contributed by atoms with Gasteiger partial charge in [0.25, 0.3) is 0 Å². The van der Waals surface area contributed by atoms with E-state index in [0.717, 1.165) is 40.9 Å². The molecule has 1 aliphatic heterocycles. The van der Waals surface area contributed by atoms with E-state index in [1.807, 2.05) is 48.5 Å². The Bertz CT molecular complexity index is 1120. The molecule has 1 N–H and O–H groups in total. The number of piperidine rings is 1. The number of hydrogen-bond donors (Lipinski definition) is 1. The molecule has 2 aromatic rings. The highest BCUT2D eigenvalue weighted by Gasteiger charge is 2.64. The molecule has 198 valence electrons. The summed E-state index contributed by atoms with van der Waals surface area (Å²) in [5.74, 6) is 0.475. The van der Waals surface area contributed by atoms with Gasteiger partial charge in [-0.1, -0.05) is 49.0 Å². The van der Waals surface area contributed by atoms with E-state index in [-0.39, 0.29) is 18.6 Å². The molecule has 0 spiro atoms. The molecule has 2 aliphatic rings. The number of benzene rings is 2. The van der Waals surface area contributed by atoms with Crippen molar-refractivity contribution in [2.24, 2.45) is 0 Å². The van der Waals surface area contributed by atoms with Gasteiger partial charge in [-0.2, -0.15) is 0 Å². The fourth-order valence-electron chi connectivity index (χ4n) is 6.50. The molecular formula is C30H39N2O5+. The number of nitrogens with one attached hydrogen (secondary N) is 1. The van der Waals surface area contributed by atoms with Gasteiger partial charge in [0.15, 0.2) is 5.60 Å². The zero-order valence-electron chi connectivity index (χ0n) is 22.2. The zero-order chi connectivity index (χ0) is 26.5. The number of carbonyl (C=O) groups excluding carboxylic acids is 2. The summed E-state index contributed by atoms with van der Waals surface area (Å²) < 4.78 is 18.2. The highest BCUT2D eigenvalue weighted by atomic mass is 16.6. The molecular weight excluding hydrogens is 468 g/mol. The SMILES string of the molecule is C=CC[N@@+]1(C)CC[C@@]2(c3cccc(OC)c3)C[C@@H](NC(=O)OCc3ccccc3)CCC2(OC(C)=O)C1. The molecule has 1 unspecified atom stereocenters. The van der Waals surface area contributed by atoms with Gasteiger partial charge in [0.05, 0.1) is 27.2 Å². The average molecular weight is 508 g/mol. The number of nitrogens with zero attached hydrogens (tertiary/aromatic N) is 1. The first-order chi connectivity index (χ1) is 17.7. The number of alkyl carbamates (subject to hydrolysis) is 1. The number of fused-ring (bicyclic) bond motifs is 1. The third-order valence-corrected chi connectivity index (χ3v) is 8.15. The van der Waals surface area contributed by atoms with E-state index >= 15 is 0 Å². The lowest BCUT2D eigenvalue weighted by Gasteiger charge is -2.60. The summed E-state index contributed by atoms with van der Waals surface area (Å²) in [5, 5.41) is 3.11. The summed E-state index contributed by atoms with van der Waals surface area (Å²) in [5.41, 5.74) is 0.812. The van der Waals surface area contributed by atoms with Crippen molar-refractivity contribution in [3.05, 3.63) is 78.4 Å². The standard InChI is InChI=1S/C30H38N2O5/c1-5-17-32(3)18-16-29(25-12-9-13-27(19-25)35-4)20-26(14-15-30(29,22-32)37-23(2)33)31-28(34)36-21-24-10-7-6-8-11-24/h5-13,19,26H,1,14-18,20-22H2,2-4H3/p+1/t26-,29-,30?,32-/m0/s1. The number of rotatable bonds is 8. The number of hydrogen-bond acceptors (Lipinski definition) is 5. The molecule has 4 atom stereocenters. The zero-order valence-corrected chi connectivity index (χ0v) is 22.2. The minimum Gasteiger partial charge on any atom is -0.497 e. The maximum Gasteiger partial charge on any atom is 0.407 e. The van der Waals surface area contributed by atoms with Crippen molar-refractivity contribution in [1.29, 1.82) is 0 Å². The van der Waals surface area contributed by atoms with Gasteiger partial charge in [0, 0.05) is 24.8 Å². The van der Waals surface area contributed by atoms with Crippen molar-refractivity contribution in [2.45, 2.75) is 56.3 Å². The van der Waals surface area contributed by atoms with E-state index in [1.165, 1.54) is 6.92 Å². The van der Waals surface area contributed by atoms with E-state index in [0.29, 0.717) is 25.8 Å². The first-order valence-corrected chi connectivity index (χ1v) is 13.0. The van der Waals surface area contributed by atoms with Gasteiger partial charge in [-0.15, -0.1) is 0 Å². The molecule has 1 saturated heterocycles. The van der Waals surface area contributed by atoms with E-state index in [2.05, 4.69) is 31.1 Å². The van der Waals surface area contributed by atoms with Gasteiger partial charge < -0.3 is 24.0 Å². The van der Waals surface area contributed by atoms with Crippen LogP contribution in [0.25, 0.3) is 0 Å². The van der Waals surface area contributed by atoms with E-state index in [4.69, 9.17) is 14.2 Å². The predicted octanol–water partition coefficient (Wildman–Crippen LogP) is 4.75. The minimum atomic E-state index is -0.715. The molecule has 1 heterocycles. The number of likely N-dealkylation sites (tertiary alicyclic amines) is 1. The van der Waals surface area contributed by atoms with Crippen LogP contribution in [-0.2, 0) is 26.3 Å². The largest absolute Gasteiger partial charge is 0.497 e. The first kappa shape index (κ1) is 26.7. The van der Waals surface area contributed by atoms with Crippen LogP contribution in [0.1, 0.15) is 43.7 Å². The van der Waals surface area contributed by atoms with Crippen LogP contribution in [0.4, 0.5) is 4.79 Å². The second-order valence-electron chi connectivity index (χ2n) is 10.8. The molecule has 1 aliphatic carbocycles. The first-order valence-electron chi connectivity index (χ1n) is 13.0. The fourth-order valence-corrected chi connectivity index (χ4v) is 6.50. The Kier molecular flexibility index (Phi) is 7.93. The number of amides is 1. The normalized spacial score (nSPS) is 28.9. The lowest BCUT2D eigenvalue weighted by atomic mass is 9.54. The third kappa shape index (κ3) is 5.67. The van der Waals surface area contributed by atoms with Gasteiger partial charge in [-0.3, -0.25) is 4.79 Å². The van der Waals surface area contributed by atoms with Crippen LogP contribution in [0.15, 0.2) is 67.3 Å². The Morgan fingerprint density at radius 1 is 1.16 bits per heavy atom. The van der Waals surface area contributed by atoms with Crippen LogP contribution >= 0.6 is 0 Å². The molecule has 0 radical (unpaired) electrons. The molecule has 7 heteroatoms. The Morgan fingerprint density at radius 2 is 1.95 bits per heavy atom. The second kappa shape index (κ2) is 11.0. The molecule has 0 aromatic heterocycles. The van der Waals surface area contributed by atoms with Crippen molar-refractivity contribution in [3.63, 3.8) is 0 Å². The lowest BCUT2D eigenvalue weighted by molar-refractivity contribution is -0.917. The summed E-state index contributed by atoms with van der Waals surface area (Å²) in [7, 11) is 3.86. The fraction of sp³-hybridized carbons (Fsp3) is 0.467. The van der Waals surface area contributed by atoms with Crippen molar-refractivity contribution >= 4 is 12.1 Å². The van der Waals surface area contributed by atoms with E-state index in [9.17, 15) is 9.59 Å². The lowest BCUT2D eigenvalue weighted by Crippen LogP contribution is -2.72. The molecule has 37 heavy (non-hydrogen) atoms. The number of carbonyl (C=O) groups is 2. The Balaban J connectivity index is 1.65. The van der Waals surface area contributed by atoms with Crippen molar-refractivity contribution in [1.82, 2.24) is 5.32 Å². The number of ether oxygens (including phenoxy) is 3. The van der Waals surface area contributed by atoms with Gasteiger partial charge in [0.2, 0.25) is 0 Å². The van der Waals surface area contributed by atoms with Gasteiger partial charge in [-0.05, 0) is 48.6 Å². The molecule has 2 aromatic carbocycles. The summed E-state index contributed by atoms with van der Waals surface area (Å²) in [6.07, 6.45) is 4.27. The number of likely N-dealkylation sites (N-methyl/N-ethyl adjacent to an activating group) is 1. The van der Waals surface area contributed by atoms with E-state index in [1.54, 1.807) is 7.11 Å². The van der Waals surface area contributed by atoms with Crippen molar-refractivity contribution < 1.29 is 28.3 Å². The van der Waals surface area contributed by atoms with Crippen LogP contribution in [-0.4, -0.2) is 62.0 Å². The molecule has 1 saturated carbocycles. The molecule has 2 fully saturated rings. The Hall–Kier alpha value is -3.32. The summed E-state index contributed by atoms with van der Waals surface area (Å²) in [6.45, 7) is 8.05. The topological polar surface area (TPSA) is 73.9 Å². The highest BCUT2D eigenvalue weighted by molar-refractivity contribution is 5.68. The van der Waals surface area contributed by atoms with Crippen LogP contribution in [0, 0.1) is 0 Å². The smallest absolute Gasteiger partial charge is 0.407 e. The summed E-state index contributed by atoms with van der Waals surface area (Å²) >= 11 is 0. The quantitative estimate of drug-likeness (QED) is 0.317. The van der Waals surface area contributed by atoms with Gasteiger partial charge >= 0.3 is 12.1 Å². The predicted molar refractivity (Wildman–Crippen MR) is 142 cm³/mol. The Morgan fingerprint density at radius 3 is 2.65 bits per heavy atom. The van der Waals surface area contributed by atoms with Crippen LogP contribution in [0.5, 0.6) is 5.75 Å². The number of methoxy groups -OCH3 is 1. The molecule has 0 bridgehead atoms. The maximum absolute atomic E-state index is 12.8. The van der Waals surface area contributed by atoms with Crippen molar-refractivity contribution in [2.75, 3.05) is 33.8 Å². The monoisotopic (exact) mass is 507 g/mol. The number of quaternary nitrogens is 1. The molecule has 1 amide bonds. The minimum absolute atomic E-state index is 0.116. The summed E-state index contributed by atoms with van der Waals surface area (Å²) in [4.78, 5) is 25.3. The molecule has 4 rings (SSSR count). The number of esters is 1. The summed E-state index contributed by atoms with van der Waals surface area (Å²) in [6, 6.07) is 17.6.